The molecule has 0 aliphatic carbocycles. The van der Waals surface area contributed by atoms with Crippen LogP contribution >= 0.6 is 0 Å². The van der Waals surface area contributed by atoms with Gasteiger partial charge in [0.1, 0.15) is 5.69 Å². The van der Waals surface area contributed by atoms with Gasteiger partial charge in [-0.2, -0.15) is 0 Å². The van der Waals surface area contributed by atoms with Gasteiger partial charge in [0.25, 0.3) is 5.91 Å². The molecule has 0 radical (unpaired) electrons. The van der Waals surface area contributed by atoms with Crippen molar-refractivity contribution in [1.29, 1.82) is 0 Å². The van der Waals surface area contributed by atoms with Crippen LogP contribution < -0.4 is 16.0 Å². The lowest BCUT2D eigenvalue weighted by Gasteiger charge is -2.28. The summed E-state index contributed by atoms with van der Waals surface area (Å²) in [6.45, 7) is 3.42. The van der Waals surface area contributed by atoms with Crippen LogP contribution in [0.2, 0.25) is 0 Å². The van der Waals surface area contributed by atoms with Crippen molar-refractivity contribution in [2.75, 3.05) is 57.2 Å². The first-order chi connectivity index (χ1) is 14.2. The lowest BCUT2D eigenvalue weighted by atomic mass is 10.2. The van der Waals surface area contributed by atoms with Gasteiger partial charge in [0.05, 0.1) is 25.5 Å². The Labute approximate surface area is 166 Å². The van der Waals surface area contributed by atoms with Crippen LogP contribution in [-0.2, 0) is 9.47 Å². The molecule has 1 aliphatic heterocycles. The van der Waals surface area contributed by atoms with Crippen molar-refractivity contribution in [1.82, 2.24) is 29.7 Å². The Hall–Kier alpha value is -3.31. The van der Waals surface area contributed by atoms with E-state index in [-0.39, 0.29) is 11.9 Å². The third-order valence-corrected chi connectivity index (χ3v) is 4.52. The van der Waals surface area contributed by atoms with Gasteiger partial charge in [0, 0.05) is 57.1 Å². The van der Waals surface area contributed by atoms with Gasteiger partial charge in [-0.15, -0.1) is 0 Å². The zero-order chi connectivity index (χ0) is 20.2. The average molecular weight is 398 g/mol. The number of morpholine rings is 1. The van der Waals surface area contributed by atoms with Gasteiger partial charge >= 0.3 is 0 Å². The van der Waals surface area contributed by atoms with Gasteiger partial charge < -0.3 is 29.8 Å². The summed E-state index contributed by atoms with van der Waals surface area (Å²) in [6.07, 6.45) is 6.72. The molecule has 0 spiro atoms. The number of imidazole rings is 1. The van der Waals surface area contributed by atoms with Crippen LogP contribution in [0.3, 0.4) is 0 Å². The standard InChI is InChI=1S/C18H22N8O3/c1-28-5-2-20-17(27)14-11-26-10-13(12-8-21-18(19)22-9-12)23-15(16(26)24-14)25-3-6-29-7-4-25/h8-11H,2-7H2,1H3,(H,20,27)(H2,19,21,22). The van der Waals surface area contributed by atoms with Gasteiger partial charge in [-0.1, -0.05) is 0 Å². The predicted molar refractivity (Wildman–Crippen MR) is 106 cm³/mol. The highest BCUT2D eigenvalue weighted by Crippen LogP contribution is 2.25. The lowest BCUT2D eigenvalue weighted by Crippen LogP contribution is -2.37. The summed E-state index contributed by atoms with van der Waals surface area (Å²) in [5.74, 6) is 0.607. The highest BCUT2D eigenvalue weighted by Gasteiger charge is 2.21. The van der Waals surface area contributed by atoms with Crippen molar-refractivity contribution in [3.63, 3.8) is 0 Å². The number of hydrogen-bond donors (Lipinski definition) is 2. The monoisotopic (exact) mass is 398 g/mol. The molecule has 1 fully saturated rings. The first kappa shape index (κ1) is 19.0. The Balaban J connectivity index is 1.75. The van der Waals surface area contributed by atoms with E-state index in [4.69, 9.17) is 20.2 Å². The fourth-order valence-electron chi connectivity index (χ4n) is 3.05. The predicted octanol–water partition coefficient (Wildman–Crippen LogP) is -0.0187. The highest BCUT2D eigenvalue weighted by molar-refractivity contribution is 5.93. The number of amides is 1. The average Bonchev–Trinajstić information content (AvgIpc) is 3.19. The van der Waals surface area contributed by atoms with Crippen LogP contribution in [0.4, 0.5) is 11.8 Å². The molecule has 152 valence electrons. The minimum absolute atomic E-state index is 0.195. The third-order valence-electron chi connectivity index (χ3n) is 4.52. The quantitative estimate of drug-likeness (QED) is 0.550. The van der Waals surface area contributed by atoms with E-state index in [0.717, 1.165) is 5.56 Å². The van der Waals surface area contributed by atoms with Gasteiger partial charge in [-0.3, -0.25) is 4.79 Å². The zero-order valence-electron chi connectivity index (χ0n) is 16.0. The summed E-state index contributed by atoms with van der Waals surface area (Å²) < 4.78 is 12.2. The number of anilines is 2. The number of nitrogens with two attached hydrogens (primary N) is 1. The molecule has 1 aliphatic rings. The first-order valence-electron chi connectivity index (χ1n) is 9.23. The number of carbonyl (C=O) groups is 1. The van der Waals surface area contributed by atoms with Crippen LogP contribution in [0.15, 0.2) is 24.8 Å². The Bertz CT molecular complexity index is 998. The minimum Gasteiger partial charge on any atom is -0.383 e. The van der Waals surface area contributed by atoms with Crippen molar-refractivity contribution in [2.24, 2.45) is 0 Å². The molecular weight excluding hydrogens is 376 g/mol. The number of rotatable bonds is 6. The van der Waals surface area contributed by atoms with E-state index in [9.17, 15) is 4.79 Å². The summed E-state index contributed by atoms with van der Waals surface area (Å²) in [7, 11) is 1.58. The molecule has 0 unspecified atom stereocenters. The summed E-state index contributed by atoms with van der Waals surface area (Å²) in [5, 5.41) is 2.78. The second kappa shape index (κ2) is 8.37. The number of methoxy groups -OCH3 is 1. The topological polar surface area (TPSA) is 133 Å². The fourth-order valence-corrected chi connectivity index (χ4v) is 3.05. The van der Waals surface area contributed by atoms with Crippen LogP contribution in [-0.4, -0.2) is 76.8 Å². The molecule has 3 aromatic heterocycles. The first-order valence-corrected chi connectivity index (χ1v) is 9.23. The Morgan fingerprint density at radius 1 is 1.24 bits per heavy atom. The molecule has 11 nitrogen and oxygen atoms in total. The van der Waals surface area contributed by atoms with Gasteiger partial charge in [-0.05, 0) is 0 Å². The largest absolute Gasteiger partial charge is 0.383 e. The smallest absolute Gasteiger partial charge is 0.271 e. The maximum atomic E-state index is 12.4. The molecule has 0 aromatic carbocycles. The van der Waals surface area contributed by atoms with E-state index in [1.165, 1.54) is 0 Å². The lowest BCUT2D eigenvalue weighted by molar-refractivity contribution is 0.0932. The van der Waals surface area contributed by atoms with E-state index in [1.807, 2.05) is 0 Å². The van der Waals surface area contributed by atoms with E-state index in [1.54, 1.807) is 36.3 Å². The molecule has 11 heteroatoms. The third kappa shape index (κ3) is 4.10. The second-order valence-electron chi connectivity index (χ2n) is 6.48. The van der Waals surface area contributed by atoms with Gasteiger partial charge in [-0.25, -0.2) is 19.9 Å². The molecule has 1 saturated heterocycles. The minimum atomic E-state index is -0.268. The fraction of sp³-hybridized carbons (Fsp3) is 0.389. The summed E-state index contributed by atoms with van der Waals surface area (Å²) in [5.41, 5.74) is 7.88. The van der Waals surface area contributed by atoms with Crippen LogP contribution in [0.1, 0.15) is 10.5 Å². The van der Waals surface area contributed by atoms with Crippen molar-refractivity contribution < 1.29 is 14.3 Å². The number of fused-ring (bicyclic) bond motifs is 1. The number of aromatic nitrogens is 5. The van der Waals surface area contributed by atoms with E-state index >= 15 is 0 Å². The van der Waals surface area contributed by atoms with E-state index in [0.29, 0.717) is 62.3 Å². The van der Waals surface area contributed by atoms with E-state index < -0.39 is 0 Å². The molecule has 29 heavy (non-hydrogen) atoms. The number of hydrogen-bond acceptors (Lipinski definition) is 9. The summed E-state index contributed by atoms with van der Waals surface area (Å²) in [4.78, 5) is 31.9. The molecule has 1 amide bonds. The highest BCUT2D eigenvalue weighted by atomic mass is 16.5. The number of ether oxygens (including phenoxy) is 2. The Morgan fingerprint density at radius 2 is 2.00 bits per heavy atom. The molecule has 0 atom stereocenters. The van der Waals surface area contributed by atoms with E-state index in [2.05, 4.69) is 25.2 Å². The number of nitrogen functional groups attached to an aromatic ring is 1. The molecule has 4 rings (SSSR count). The molecule has 3 N–H and O–H groups in total. The summed E-state index contributed by atoms with van der Waals surface area (Å²) >= 11 is 0. The van der Waals surface area contributed by atoms with Gasteiger partial charge in [0.2, 0.25) is 5.95 Å². The van der Waals surface area contributed by atoms with Crippen LogP contribution in [0.5, 0.6) is 0 Å². The SMILES string of the molecule is COCCNC(=O)c1cn2cc(-c3cnc(N)nc3)nc(N3CCOCC3)c2n1. The van der Waals surface area contributed by atoms with Crippen molar-refractivity contribution in [3.8, 4) is 11.3 Å². The molecule has 0 bridgehead atoms. The number of carbonyl (C=O) groups excluding carboxylic acids is 1. The molecule has 3 aromatic rings. The molecule has 4 heterocycles. The van der Waals surface area contributed by atoms with Crippen molar-refractivity contribution in [2.45, 2.75) is 0 Å². The Morgan fingerprint density at radius 3 is 2.72 bits per heavy atom. The molecular formula is C18H22N8O3. The zero-order valence-corrected chi connectivity index (χ0v) is 16.0. The summed E-state index contributed by atoms with van der Waals surface area (Å²) in [6, 6.07) is 0. The normalized spacial score (nSPS) is 14.3. The molecule has 0 saturated carbocycles. The second-order valence-corrected chi connectivity index (χ2v) is 6.48. The maximum absolute atomic E-state index is 12.4. The Kier molecular flexibility index (Phi) is 5.49. The maximum Gasteiger partial charge on any atom is 0.271 e. The van der Waals surface area contributed by atoms with Crippen LogP contribution in [0, 0.1) is 0 Å². The number of nitrogens with one attached hydrogen (secondary N) is 1. The van der Waals surface area contributed by atoms with Gasteiger partial charge in [0.15, 0.2) is 11.5 Å². The van der Waals surface area contributed by atoms with Crippen molar-refractivity contribution >= 4 is 23.3 Å². The van der Waals surface area contributed by atoms with Crippen LogP contribution in [0.25, 0.3) is 16.9 Å². The van der Waals surface area contributed by atoms with Crippen molar-refractivity contribution in [3.05, 3.63) is 30.5 Å². The number of nitrogens with zero attached hydrogens (tertiary/aromatic N) is 6.